The molecule has 7 heteroatoms. The smallest absolute Gasteiger partial charge is 0.189 e. The molecule has 0 aliphatic rings. The van der Waals surface area contributed by atoms with E-state index in [0.29, 0.717) is 42.2 Å². The Kier molecular flexibility index (Phi) is 7.22. The average Bonchev–Trinajstić information content (AvgIpc) is 2.63. The summed E-state index contributed by atoms with van der Waals surface area (Å²) in [4.78, 5) is 4.29. The molecule has 3 N–H and O–H groups in total. The summed E-state index contributed by atoms with van der Waals surface area (Å²) in [6.45, 7) is 1.43. The second-order valence-electron chi connectivity index (χ2n) is 5.12. The van der Waals surface area contributed by atoms with Crippen molar-refractivity contribution in [1.29, 1.82) is 0 Å². The summed E-state index contributed by atoms with van der Waals surface area (Å²) in [5, 5.41) is 3.64. The number of nitrogens with one attached hydrogen (secondary N) is 1. The number of hydrogen-bond donors (Lipinski definition) is 2. The minimum absolute atomic E-state index is 0.351. The molecule has 0 aromatic heterocycles. The molecule has 0 amide bonds. The molecular formula is C18H22ClN3O3. The molecule has 0 unspecified atom stereocenters. The fourth-order valence-corrected chi connectivity index (χ4v) is 2.30. The number of hydrogen-bond acceptors (Lipinski definition) is 4. The van der Waals surface area contributed by atoms with Crippen molar-refractivity contribution in [3.05, 3.63) is 53.1 Å². The second-order valence-corrected chi connectivity index (χ2v) is 5.56. The molecule has 25 heavy (non-hydrogen) atoms. The van der Waals surface area contributed by atoms with Crippen LogP contribution in [0.4, 0.5) is 0 Å². The van der Waals surface area contributed by atoms with Gasteiger partial charge >= 0.3 is 0 Å². The summed E-state index contributed by atoms with van der Waals surface area (Å²) in [6.07, 6.45) is 0. The SMILES string of the molecule is COc1ccc(CN=C(N)NCCOc2cccc(Cl)c2)cc1OC. The van der Waals surface area contributed by atoms with Gasteiger partial charge in [0.05, 0.1) is 27.3 Å². The lowest BCUT2D eigenvalue weighted by molar-refractivity contribution is 0.322. The van der Waals surface area contributed by atoms with E-state index >= 15 is 0 Å². The highest BCUT2D eigenvalue weighted by Crippen LogP contribution is 2.27. The molecule has 0 heterocycles. The molecule has 2 aromatic carbocycles. The Morgan fingerprint density at radius 1 is 1.12 bits per heavy atom. The van der Waals surface area contributed by atoms with Gasteiger partial charge in [-0.3, -0.25) is 0 Å². The highest BCUT2D eigenvalue weighted by Gasteiger charge is 2.04. The highest BCUT2D eigenvalue weighted by atomic mass is 35.5. The zero-order chi connectivity index (χ0) is 18.1. The number of ether oxygens (including phenoxy) is 3. The van der Waals surface area contributed by atoms with Gasteiger partial charge in [-0.1, -0.05) is 23.7 Å². The van der Waals surface area contributed by atoms with Crippen molar-refractivity contribution in [1.82, 2.24) is 5.32 Å². The van der Waals surface area contributed by atoms with Crippen LogP contribution >= 0.6 is 11.6 Å². The maximum atomic E-state index is 5.90. The summed E-state index contributed by atoms with van der Waals surface area (Å²) in [5.41, 5.74) is 6.83. The molecular weight excluding hydrogens is 342 g/mol. The third-order valence-electron chi connectivity index (χ3n) is 3.35. The first-order chi connectivity index (χ1) is 12.1. The Labute approximate surface area is 152 Å². The molecule has 0 spiro atoms. The van der Waals surface area contributed by atoms with Crippen molar-refractivity contribution < 1.29 is 14.2 Å². The number of methoxy groups -OCH3 is 2. The van der Waals surface area contributed by atoms with Crippen LogP contribution in [-0.4, -0.2) is 33.3 Å². The van der Waals surface area contributed by atoms with E-state index in [1.54, 1.807) is 26.4 Å². The third-order valence-corrected chi connectivity index (χ3v) is 3.59. The van der Waals surface area contributed by atoms with Gasteiger partial charge in [0, 0.05) is 5.02 Å². The number of aliphatic imine (C=N–C) groups is 1. The Hall–Kier alpha value is -2.60. The number of benzene rings is 2. The van der Waals surface area contributed by atoms with Gasteiger partial charge in [-0.25, -0.2) is 4.99 Å². The van der Waals surface area contributed by atoms with E-state index in [2.05, 4.69) is 10.3 Å². The molecule has 0 saturated heterocycles. The van der Waals surface area contributed by atoms with Crippen molar-refractivity contribution in [3.8, 4) is 17.2 Å². The first-order valence-electron chi connectivity index (χ1n) is 7.75. The molecule has 2 aromatic rings. The van der Waals surface area contributed by atoms with Crippen LogP contribution in [0, 0.1) is 0 Å². The first kappa shape index (κ1) is 18.7. The standard InChI is InChI=1S/C18H22ClN3O3/c1-23-16-7-6-13(10-17(16)24-2)12-22-18(20)21-8-9-25-15-5-3-4-14(19)11-15/h3-7,10-11H,8-9,12H2,1-2H3,(H3,20,21,22). The Balaban J connectivity index is 1.78. The van der Waals surface area contributed by atoms with Gasteiger partial charge in [-0.2, -0.15) is 0 Å². The Bertz CT molecular complexity index is 722. The lowest BCUT2D eigenvalue weighted by Crippen LogP contribution is -2.34. The molecule has 2 rings (SSSR count). The molecule has 134 valence electrons. The summed E-state index contributed by atoms with van der Waals surface area (Å²) in [6, 6.07) is 12.9. The molecule has 0 aliphatic heterocycles. The van der Waals surface area contributed by atoms with Crippen LogP contribution in [0.15, 0.2) is 47.5 Å². The molecule has 6 nitrogen and oxygen atoms in total. The van der Waals surface area contributed by atoms with Crippen LogP contribution in [0.3, 0.4) is 0 Å². The zero-order valence-electron chi connectivity index (χ0n) is 14.3. The third kappa shape index (κ3) is 6.08. The van der Waals surface area contributed by atoms with Gasteiger partial charge in [0.15, 0.2) is 17.5 Å². The topological polar surface area (TPSA) is 78.1 Å². The molecule has 0 fully saturated rings. The largest absolute Gasteiger partial charge is 0.493 e. The molecule has 0 saturated carbocycles. The minimum atomic E-state index is 0.351. The van der Waals surface area contributed by atoms with Gasteiger partial charge in [0.2, 0.25) is 0 Å². The molecule has 0 aliphatic carbocycles. The summed E-state index contributed by atoms with van der Waals surface area (Å²) < 4.78 is 16.0. The number of halogens is 1. The van der Waals surface area contributed by atoms with Crippen LogP contribution in [-0.2, 0) is 6.54 Å². The van der Waals surface area contributed by atoms with Crippen LogP contribution in [0.1, 0.15) is 5.56 Å². The van der Waals surface area contributed by atoms with Crippen molar-refractivity contribution in [3.63, 3.8) is 0 Å². The zero-order valence-corrected chi connectivity index (χ0v) is 15.0. The Morgan fingerprint density at radius 3 is 2.64 bits per heavy atom. The van der Waals surface area contributed by atoms with Gasteiger partial charge in [-0.15, -0.1) is 0 Å². The monoisotopic (exact) mass is 363 g/mol. The van der Waals surface area contributed by atoms with Gasteiger partial charge < -0.3 is 25.3 Å². The van der Waals surface area contributed by atoms with Crippen molar-refractivity contribution in [2.75, 3.05) is 27.4 Å². The number of rotatable bonds is 8. The number of nitrogens with zero attached hydrogens (tertiary/aromatic N) is 1. The molecule has 0 bridgehead atoms. The highest BCUT2D eigenvalue weighted by molar-refractivity contribution is 6.30. The normalized spacial score (nSPS) is 11.1. The summed E-state index contributed by atoms with van der Waals surface area (Å²) >= 11 is 5.90. The number of nitrogens with two attached hydrogens (primary N) is 1. The summed E-state index contributed by atoms with van der Waals surface area (Å²) in [5.74, 6) is 2.41. The van der Waals surface area contributed by atoms with E-state index in [1.165, 1.54) is 0 Å². The van der Waals surface area contributed by atoms with Crippen LogP contribution < -0.4 is 25.3 Å². The fraction of sp³-hybridized carbons (Fsp3) is 0.278. The first-order valence-corrected chi connectivity index (χ1v) is 8.13. The summed E-state index contributed by atoms with van der Waals surface area (Å²) in [7, 11) is 3.20. The quantitative estimate of drug-likeness (QED) is 0.428. The van der Waals surface area contributed by atoms with Crippen LogP contribution in [0.5, 0.6) is 17.2 Å². The van der Waals surface area contributed by atoms with E-state index in [4.69, 9.17) is 31.5 Å². The fourth-order valence-electron chi connectivity index (χ4n) is 2.12. The van der Waals surface area contributed by atoms with Crippen molar-refractivity contribution >= 4 is 17.6 Å². The van der Waals surface area contributed by atoms with Crippen molar-refractivity contribution in [2.45, 2.75) is 6.54 Å². The average molecular weight is 364 g/mol. The predicted octanol–water partition coefficient (Wildman–Crippen LogP) is 2.84. The molecule has 0 radical (unpaired) electrons. The van der Waals surface area contributed by atoms with E-state index in [1.807, 2.05) is 30.3 Å². The van der Waals surface area contributed by atoms with E-state index in [9.17, 15) is 0 Å². The van der Waals surface area contributed by atoms with E-state index in [-0.39, 0.29) is 0 Å². The minimum Gasteiger partial charge on any atom is -0.493 e. The lowest BCUT2D eigenvalue weighted by atomic mass is 10.2. The molecule has 0 atom stereocenters. The van der Waals surface area contributed by atoms with Crippen LogP contribution in [0.25, 0.3) is 0 Å². The predicted molar refractivity (Wildman–Crippen MR) is 99.8 cm³/mol. The van der Waals surface area contributed by atoms with Crippen LogP contribution in [0.2, 0.25) is 5.02 Å². The second kappa shape index (κ2) is 9.64. The maximum absolute atomic E-state index is 5.90. The van der Waals surface area contributed by atoms with E-state index in [0.717, 1.165) is 11.3 Å². The van der Waals surface area contributed by atoms with Gasteiger partial charge in [0.1, 0.15) is 12.4 Å². The van der Waals surface area contributed by atoms with Gasteiger partial charge in [-0.05, 0) is 35.9 Å². The van der Waals surface area contributed by atoms with Crippen molar-refractivity contribution in [2.24, 2.45) is 10.7 Å². The number of guanidine groups is 1. The Morgan fingerprint density at radius 2 is 1.92 bits per heavy atom. The van der Waals surface area contributed by atoms with E-state index < -0.39 is 0 Å². The lowest BCUT2D eigenvalue weighted by Gasteiger charge is -2.10. The maximum Gasteiger partial charge on any atom is 0.189 e. The van der Waals surface area contributed by atoms with Gasteiger partial charge in [0.25, 0.3) is 0 Å².